The van der Waals surface area contributed by atoms with Crippen LogP contribution < -0.4 is 0 Å². The van der Waals surface area contributed by atoms with E-state index in [1.165, 1.54) is 0 Å². The summed E-state index contributed by atoms with van der Waals surface area (Å²) in [7, 11) is 0. The normalized spacial score (nSPS) is 10.5. The van der Waals surface area contributed by atoms with Crippen LogP contribution in [0.4, 0.5) is 0 Å². The third kappa shape index (κ3) is 1.13. The zero-order valence-corrected chi connectivity index (χ0v) is 7.57. The van der Waals surface area contributed by atoms with Crippen molar-refractivity contribution in [2.24, 2.45) is 0 Å². The van der Waals surface area contributed by atoms with Gasteiger partial charge in [-0.3, -0.25) is 0 Å². The van der Waals surface area contributed by atoms with Crippen molar-refractivity contribution < 1.29 is 0 Å². The molecule has 2 heterocycles. The molecule has 13 heavy (non-hydrogen) atoms. The van der Waals surface area contributed by atoms with Gasteiger partial charge in [-0.2, -0.15) is 5.10 Å². The van der Waals surface area contributed by atoms with Crippen molar-refractivity contribution in [3.63, 3.8) is 0 Å². The molecule has 0 saturated heterocycles. The molecule has 0 unspecified atom stereocenters. The third-order valence-electron chi connectivity index (χ3n) is 2.03. The Kier molecular flexibility index (Phi) is 1.85. The van der Waals surface area contributed by atoms with E-state index >= 15 is 0 Å². The lowest BCUT2D eigenvalue weighted by Gasteiger charge is -1.94. The Morgan fingerprint density at radius 1 is 1.62 bits per heavy atom. The van der Waals surface area contributed by atoms with E-state index in [2.05, 4.69) is 16.7 Å². The van der Waals surface area contributed by atoms with E-state index < -0.39 is 0 Å². The first kappa shape index (κ1) is 7.98. The summed E-state index contributed by atoms with van der Waals surface area (Å²) in [4.78, 5) is 4.27. The van der Waals surface area contributed by atoms with Crippen LogP contribution in [0.5, 0.6) is 0 Å². The summed E-state index contributed by atoms with van der Waals surface area (Å²) in [6.45, 7) is 6.61. The Balaban J connectivity index is 2.81. The number of aryl methyl sites for hydroxylation is 1. The fourth-order valence-electron chi connectivity index (χ4n) is 1.41. The van der Waals surface area contributed by atoms with Gasteiger partial charge in [0.05, 0.1) is 5.69 Å². The summed E-state index contributed by atoms with van der Waals surface area (Å²) in [5, 5.41) is 5.43. The quantitative estimate of drug-likeness (QED) is 0.696. The SMILES string of the molecule is C=Cc1nn(CC)c2ncccc12. The highest BCUT2D eigenvalue weighted by molar-refractivity contribution is 5.83. The number of rotatable bonds is 2. The molecule has 2 aromatic rings. The first-order valence-electron chi connectivity index (χ1n) is 4.30. The molecule has 0 radical (unpaired) electrons. The maximum atomic E-state index is 4.36. The number of fused-ring (bicyclic) bond motifs is 1. The molecule has 2 aromatic heterocycles. The van der Waals surface area contributed by atoms with E-state index in [-0.39, 0.29) is 0 Å². The minimum absolute atomic E-state index is 0.835. The molecule has 0 aromatic carbocycles. The average molecular weight is 173 g/mol. The van der Waals surface area contributed by atoms with Gasteiger partial charge >= 0.3 is 0 Å². The van der Waals surface area contributed by atoms with Gasteiger partial charge in [-0.05, 0) is 25.1 Å². The van der Waals surface area contributed by atoms with Gasteiger partial charge in [0.15, 0.2) is 5.65 Å². The van der Waals surface area contributed by atoms with Crippen LogP contribution in [0.25, 0.3) is 17.1 Å². The lowest BCUT2D eigenvalue weighted by atomic mass is 10.2. The number of pyridine rings is 1. The van der Waals surface area contributed by atoms with Crippen LogP contribution in [-0.2, 0) is 6.54 Å². The van der Waals surface area contributed by atoms with Crippen LogP contribution in [0.3, 0.4) is 0 Å². The van der Waals surface area contributed by atoms with Crippen LogP contribution in [0.2, 0.25) is 0 Å². The summed E-state index contributed by atoms with van der Waals surface area (Å²) < 4.78 is 1.88. The molecule has 0 aliphatic carbocycles. The Labute approximate surface area is 76.7 Å². The standard InChI is InChI=1S/C10H11N3/c1-3-9-8-6-5-7-11-10(8)13(4-2)12-9/h3,5-7H,1,4H2,2H3. The first-order chi connectivity index (χ1) is 6.36. The van der Waals surface area contributed by atoms with Gasteiger partial charge in [0.2, 0.25) is 0 Å². The zero-order valence-electron chi connectivity index (χ0n) is 7.57. The maximum Gasteiger partial charge on any atom is 0.158 e. The zero-order chi connectivity index (χ0) is 9.26. The number of nitrogens with zero attached hydrogens (tertiary/aromatic N) is 3. The molecule has 0 fully saturated rings. The van der Waals surface area contributed by atoms with Crippen LogP contribution in [0.15, 0.2) is 24.9 Å². The molecular weight excluding hydrogens is 162 g/mol. The van der Waals surface area contributed by atoms with Crippen LogP contribution in [0, 0.1) is 0 Å². The van der Waals surface area contributed by atoms with E-state index in [0.29, 0.717) is 0 Å². The minimum atomic E-state index is 0.835. The van der Waals surface area contributed by atoms with E-state index in [0.717, 1.165) is 23.3 Å². The molecule has 3 heteroatoms. The molecule has 0 saturated carbocycles. The summed E-state index contributed by atoms with van der Waals surface area (Å²) in [5.74, 6) is 0. The highest BCUT2D eigenvalue weighted by atomic mass is 15.3. The molecule has 0 amide bonds. The fourth-order valence-corrected chi connectivity index (χ4v) is 1.41. The third-order valence-corrected chi connectivity index (χ3v) is 2.03. The number of hydrogen-bond donors (Lipinski definition) is 0. The smallest absolute Gasteiger partial charge is 0.158 e. The lowest BCUT2D eigenvalue weighted by Crippen LogP contribution is -1.96. The number of aromatic nitrogens is 3. The van der Waals surface area contributed by atoms with Gasteiger partial charge < -0.3 is 0 Å². The fraction of sp³-hybridized carbons (Fsp3) is 0.200. The Bertz CT molecular complexity index is 442. The molecular formula is C10H11N3. The van der Waals surface area contributed by atoms with Crippen LogP contribution in [0.1, 0.15) is 12.6 Å². The van der Waals surface area contributed by atoms with Gasteiger partial charge in [0.1, 0.15) is 0 Å². The second-order valence-electron chi connectivity index (χ2n) is 2.78. The van der Waals surface area contributed by atoms with Gasteiger partial charge in [-0.1, -0.05) is 6.58 Å². The predicted molar refractivity (Wildman–Crippen MR) is 53.3 cm³/mol. The van der Waals surface area contributed by atoms with Gasteiger partial charge in [-0.15, -0.1) is 0 Å². The Morgan fingerprint density at radius 3 is 3.15 bits per heavy atom. The largest absolute Gasteiger partial charge is 0.247 e. The van der Waals surface area contributed by atoms with Crippen molar-refractivity contribution in [1.29, 1.82) is 0 Å². The van der Waals surface area contributed by atoms with Crippen molar-refractivity contribution in [3.05, 3.63) is 30.6 Å². The topological polar surface area (TPSA) is 30.7 Å². The van der Waals surface area contributed by atoms with Gasteiger partial charge in [-0.25, -0.2) is 9.67 Å². The molecule has 66 valence electrons. The molecule has 0 atom stereocenters. The predicted octanol–water partition coefficient (Wildman–Crippen LogP) is 2.09. The van der Waals surface area contributed by atoms with Crippen molar-refractivity contribution >= 4 is 17.1 Å². The van der Waals surface area contributed by atoms with Gasteiger partial charge in [0, 0.05) is 18.1 Å². The van der Waals surface area contributed by atoms with Crippen LogP contribution >= 0.6 is 0 Å². The first-order valence-corrected chi connectivity index (χ1v) is 4.30. The highest BCUT2D eigenvalue weighted by Crippen LogP contribution is 2.16. The van der Waals surface area contributed by atoms with Crippen molar-refractivity contribution in [3.8, 4) is 0 Å². The van der Waals surface area contributed by atoms with Crippen molar-refractivity contribution in [2.45, 2.75) is 13.5 Å². The summed E-state index contributed by atoms with van der Waals surface area (Å²) in [6.07, 6.45) is 3.54. The van der Waals surface area contributed by atoms with E-state index in [9.17, 15) is 0 Å². The molecule has 0 N–H and O–H groups in total. The lowest BCUT2D eigenvalue weighted by molar-refractivity contribution is 0.675. The Hall–Kier alpha value is -1.64. The maximum absolute atomic E-state index is 4.36. The second-order valence-corrected chi connectivity index (χ2v) is 2.78. The summed E-state index contributed by atoms with van der Waals surface area (Å²) >= 11 is 0. The van der Waals surface area contributed by atoms with E-state index in [1.807, 2.05) is 23.7 Å². The highest BCUT2D eigenvalue weighted by Gasteiger charge is 2.06. The summed E-state index contributed by atoms with van der Waals surface area (Å²) in [6, 6.07) is 3.93. The molecule has 3 nitrogen and oxygen atoms in total. The van der Waals surface area contributed by atoms with Crippen molar-refractivity contribution in [1.82, 2.24) is 14.8 Å². The summed E-state index contributed by atoms with van der Waals surface area (Å²) in [5.41, 5.74) is 1.84. The Morgan fingerprint density at radius 2 is 2.46 bits per heavy atom. The van der Waals surface area contributed by atoms with Gasteiger partial charge in [0.25, 0.3) is 0 Å². The van der Waals surface area contributed by atoms with Crippen LogP contribution in [-0.4, -0.2) is 14.8 Å². The average Bonchev–Trinajstić information content (AvgIpc) is 2.56. The second kappa shape index (κ2) is 3.01. The minimum Gasteiger partial charge on any atom is -0.247 e. The van der Waals surface area contributed by atoms with E-state index in [4.69, 9.17) is 0 Å². The molecule has 0 aliphatic rings. The van der Waals surface area contributed by atoms with E-state index in [1.54, 1.807) is 12.3 Å². The molecule has 0 aliphatic heterocycles. The molecule has 0 bridgehead atoms. The molecule has 2 rings (SSSR count). The molecule has 0 spiro atoms. The monoisotopic (exact) mass is 173 g/mol. The number of hydrogen-bond acceptors (Lipinski definition) is 2. The van der Waals surface area contributed by atoms with Crippen molar-refractivity contribution in [2.75, 3.05) is 0 Å².